The first-order valence-corrected chi connectivity index (χ1v) is 9.82. The molecular formula is C19H17FO5S. The second-order valence-electron chi connectivity index (χ2n) is 6.08. The summed E-state index contributed by atoms with van der Waals surface area (Å²) in [6.45, 7) is 1.65. The van der Waals surface area contributed by atoms with Crippen molar-refractivity contribution in [2.75, 3.05) is 6.26 Å². The number of rotatable bonds is 4. The summed E-state index contributed by atoms with van der Waals surface area (Å²) in [5.74, 6) is -3.16. The topological polar surface area (TPSA) is 80.7 Å². The average Bonchev–Trinajstić information content (AvgIpc) is 2.85. The predicted octanol–water partition coefficient (Wildman–Crippen LogP) is 2.80. The Morgan fingerprint density at radius 2 is 1.77 bits per heavy atom. The lowest BCUT2D eigenvalue weighted by molar-refractivity contribution is -0.175. The van der Waals surface area contributed by atoms with E-state index < -0.39 is 27.4 Å². The lowest BCUT2D eigenvalue weighted by atomic mass is 9.90. The number of hydrogen-bond donors (Lipinski definition) is 1. The van der Waals surface area contributed by atoms with Gasteiger partial charge in [-0.25, -0.2) is 17.6 Å². The number of halogens is 1. The van der Waals surface area contributed by atoms with Crippen LogP contribution in [-0.2, 0) is 19.4 Å². The van der Waals surface area contributed by atoms with Crippen LogP contribution in [-0.4, -0.2) is 31.5 Å². The largest absolute Gasteiger partial charge is 0.425 e. The van der Waals surface area contributed by atoms with E-state index >= 15 is 0 Å². The molecule has 26 heavy (non-hydrogen) atoms. The molecule has 0 bridgehead atoms. The Balaban J connectivity index is 2.25. The normalized spacial score (nSPS) is 20.4. The number of cyclic esters (lactones) is 1. The van der Waals surface area contributed by atoms with E-state index in [0.717, 1.165) is 6.26 Å². The molecule has 3 rings (SSSR count). The van der Waals surface area contributed by atoms with Gasteiger partial charge in [0.2, 0.25) is 5.79 Å². The molecule has 2 aromatic rings. The van der Waals surface area contributed by atoms with E-state index in [0.29, 0.717) is 5.56 Å². The zero-order chi connectivity index (χ0) is 19.1. The molecule has 1 aliphatic heterocycles. The molecule has 7 heteroatoms. The summed E-state index contributed by atoms with van der Waals surface area (Å²) in [7, 11) is -3.39. The van der Waals surface area contributed by atoms with Crippen molar-refractivity contribution in [3.63, 3.8) is 0 Å². The van der Waals surface area contributed by atoms with Crippen LogP contribution >= 0.6 is 0 Å². The third kappa shape index (κ3) is 3.15. The summed E-state index contributed by atoms with van der Waals surface area (Å²) >= 11 is 0. The Morgan fingerprint density at radius 3 is 2.31 bits per heavy atom. The molecule has 0 aliphatic carbocycles. The van der Waals surface area contributed by atoms with Crippen molar-refractivity contribution in [3.8, 4) is 0 Å². The Kier molecular flexibility index (Phi) is 4.46. The molecule has 0 aromatic heterocycles. The van der Waals surface area contributed by atoms with Crippen molar-refractivity contribution < 1.29 is 27.4 Å². The molecule has 1 unspecified atom stereocenters. The highest BCUT2D eigenvalue weighted by Crippen LogP contribution is 2.44. The van der Waals surface area contributed by atoms with Gasteiger partial charge in [0, 0.05) is 18.2 Å². The molecule has 1 atom stereocenters. The number of esters is 1. The van der Waals surface area contributed by atoms with Crippen LogP contribution < -0.4 is 0 Å². The van der Waals surface area contributed by atoms with E-state index in [2.05, 4.69) is 0 Å². The SMILES string of the molecule is CCC1(O)OC(=O)C(c2cccc(F)c2)=C1c1ccc(S(C)(=O)=O)cc1. The van der Waals surface area contributed by atoms with Gasteiger partial charge < -0.3 is 9.84 Å². The molecule has 1 N–H and O–H groups in total. The molecule has 0 saturated carbocycles. The molecule has 1 heterocycles. The van der Waals surface area contributed by atoms with Gasteiger partial charge >= 0.3 is 5.97 Å². The van der Waals surface area contributed by atoms with Crippen LogP contribution in [0.25, 0.3) is 11.1 Å². The van der Waals surface area contributed by atoms with Crippen LogP contribution in [0.3, 0.4) is 0 Å². The van der Waals surface area contributed by atoms with Crippen LogP contribution in [0, 0.1) is 5.82 Å². The van der Waals surface area contributed by atoms with E-state index in [1.807, 2.05) is 0 Å². The number of aliphatic hydroxyl groups is 1. The van der Waals surface area contributed by atoms with Crippen molar-refractivity contribution in [3.05, 3.63) is 65.5 Å². The predicted molar refractivity (Wildman–Crippen MR) is 94.1 cm³/mol. The first-order valence-electron chi connectivity index (χ1n) is 7.92. The molecule has 0 amide bonds. The molecule has 1 aliphatic rings. The van der Waals surface area contributed by atoms with Gasteiger partial charge in [0.05, 0.1) is 10.5 Å². The Labute approximate surface area is 150 Å². The molecule has 0 spiro atoms. The van der Waals surface area contributed by atoms with Crippen LogP contribution in [0.5, 0.6) is 0 Å². The highest BCUT2D eigenvalue weighted by atomic mass is 32.2. The molecule has 0 saturated heterocycles. The molecule has 0 radical (unpaired) electrons. The minimum Gasteiger partial charge on any atom is -0.425 e. The zero-order valence-electron chi connectivity index (χ0n) is 14.2. The number of carbonyl (C=O) groups excluding carboxylic acids is 1. The third-order valence-corrected chi connectivity index (χ3v) is 5.40. The second-order valence-corrected chi connectivity index (χ2v) is 8.10. The lowest BCUT2D eigenvalue weighted by Gasteiger charge is -2.23. The van der Waals surface area contributed by atoms with Crippen LogP contribution in [0.1, 0.15) is 24.5 Å². The molecule has 2 aromatic carbocycles. The van der Waals surface area contributed by atoms with Gasteiger partial charge in [-0.05, 0) is 35.4 Å². The highest BCUT2D eigenvalue weighted by molar-refractivity contribution is 7.90. The van der Waals surface area contributed by atoms with Crippen LogP contribution in [0.2, 0.25) is 0 Å². The summed E-state index contributed by atoms with van der Waals surface area (Å²) in [5.41, 5.74) is 0.949. The fraction of sp³-hybridized carbons (Fsp3) is 0.211. The maximum absolute atomic E-state index is 13.6. The van der Waals surface area contributed by atoms with Gasteiger partial charge in [-0.15, -0.1) is 0 Å². The van der Waals surface area contributed by atoms with Gasteiger partial charge in [0.25, 0.3) is 0 Å². The first-order chi connectivity index (χ1) is 12.2. The zero-order valence-corrected chi connectivity index (χ0v) is 15.0. The summed E-state index contributed by atoms with van der Waals surface area (Å²) in [5, 5.41) is 10.8. The standard InChI is InChI=1S/C19H17FO5S/c1-3-19(22)17(12-7-9-15(10-8-12)26(2,23)24)16(18(21)25-19)13-5-4-6-14(20)11-13/h4-11,22H,3H2,1-2H3. The van der Waals surface area contributed by atoms with Crippen molar-refractivity contribution >= 4 is 27.0 Å². The quantitative estimate of drug-likeness (QED) is 0.830. The van der Waals surface area contributed by atoms with Crippen molar-refractivity contribution in [1.29, 1.82) is 0 Å². The van der Waals surface area contributed by atoms with Gasteiger partial charge in [-0.1, -0.05) is 31.2 Å². The maximum Gasteiger partial charge on any atom is 0.342 e. The summed E-state index contributed by atoms with van der Waals surface area (Å²) in [6.07, 6.45) is 1.17. The fourth-order valence-electron chi connectivity index (χ4n) is 2.95. The van der Waals surface area contributed by atoms with Crippen molar-refractivity contribution in [2.24, 2.45) is 0 Å². The highest BCUT2D eigenvalue weighted by Gasteiger charge is 2.46. The minimum absolute atomic E-state index is 0.0564. The smallest absolute Gasteiger partial charge is 0.342 e. The maximum atomic E-state index is 13.6. The fourth-order valence-corrected chi connectivity index (χ4v) is 3.58. The number of hydrogen-bond acceptors (Lipinski definition) is 5. The molecular weight excluding hydrogens is 359 g/mol. The number of carbonyl (C=O) groups is 1. The second kappa shape index (κ2) is 6.34. The number of benzene rings is 2. The Bertz CT molecular complexity index is 1010. The molecule has 0 fully saturated rings. The van der Waals surface area contributed by atoms with E-state index in [-0.39, 0.29) is 28.0 Å². The Hall–Kier alpha value is -2.51. The Morgan fingerprint density at radius 1 is 1.12 bits per heavy atom. The van der Waals surface area contributed by atoms with Gasteiger partial charge in [0.15, 0.2) is 9.84 Å². The summed E-state index contributed by atoms with van der Waals surface area (Å²) < 4.78 is 42.1. The van der Waals surface area contributed by atoms with Crippen LogP contribution in [0.4, 0.5) is 4.39 Å². The van der Waals surface area contributed by atoms with E-state index in [9.17, 15) is 22.7 Å². The van der Waals surface area contributed by atoms with E-state index in [4.69, 9.17) is 4.74 Å². The summed E-state index contributed by atoms with van der Waals surface area (Å²) in [6, 6.07) is 11.2. The van der Waals surface area contributed by atoms with Gasteiger partial charge in [-0.2, -0.15) is 0 Å². The van der Waals surface area contributed by atoms with E-state index in [1.54, 1.807) is 13.0 Å². The monoisotopic (exact) mass is 376 g/mol. The van der Waals surface area contributed by atoms with Gasteiger partial charge in [0.1, 0.15) is 5.82 Å². The third-order valence-electron chi connectivity index (χ3n) is 4.27. The molecule has 136 valence electrons. The summed E-state index contributed by atoms with van der Waals surface area (Å²) in [4.78, 5) is 12.5. The average molecular weight is 376 g/mol. The first kappa shape index (κ1) is 18.3. The van der Waals surface area contributed by atoms with E-state index in [1.165, 1.54) is 42.5 Å². The van der Waals surface area contributed by atoms with Crippen LogP contribution in [0.15, 0.2) is 53.4 Å². The van der Waals surface area contributed by atoms with Crippen molar-refractivity contribution in [2.45, 2.75) is 24.0 Å². The van der Waals surface area contributed by atoms with Crippen molar-refractivity contribution in [1.82, 2.24) is 0 Å². The lowest BCUT2D eigenvalue weighted by Crippen LogP contribution is -2.29. The number of sulfone groups is 1. The minimum atomic E-state index is -3.39. The number of ether oxygens (including phenoxy) is 1. The van der Waals surface area contributed by atoms with Gasteiger partial charge in [-0.3, -0.25) is 0 Å². The molecule has 5 nitrogen and oxygen atoms in total.